The Labute approximate surface area is 183 Å². The topological polar surface area (TPSA) is 128 Å². The number of aromatic nitrogens is 2. The molecule has 0 radical (unpaired) electrons. The third-order valence-corrected chi connectivity index (χ3v) is 6.94. The zero-order valence-corrected chi connectivity index (χ0v) is 19.3. The van der Waals surface area contributed by atoms with Gasteiger partial charge in [0.25, 0.3) is 0 Å². The summed E-state index contributed by atoms with van der Waals surface area (Å²) in [6.07, 6.45) is 1.26. The van der Waals surface area contributed by atoms with Gasteiger partial charge in [0.05, 0.1) is 31.9 Å². The lowest BCUT2D eigenvalue weighted by atomic mass is 10.2. The van der Waals surface area contributed by atoms with E-state index in [1.54, 1.807) is 31.2 Å². The smallest absolute Gasteiger partial charge is 0.316 e. The molecule has 2 rings (SSSR count). The fourth-order valence-corrected chi connectivity index (χ4v) is 5.29. The zero-order valence-electron chi connectivity index (χ0n) is 16.8. The standard InChI is InChI=1S/C17H22N4O6S3/c1-5-13(21(30(4,24)25)11-7-6-8-12(9-11)26-2)15(23)18-16-19-20-17(29-16)28-10-14(22)27-3/h6-9,13H,5,10H2,1-4H3,(H,18,19,23)/t13-/m0/s1. The van der Waals surface area contributed by atoms with E-state index >= 15 is 0 Å². The highest BCUT2D eigenvalue weighted by molar-refractivity contribution is 8.01. The van der Waals surface area contributed by atoms with Crippen LogP contribution >= 0.6 is 23.1 Å². The molecule has 30 heavy (non-hydrogen) atoms. The van der Waals surface area contributed by atoms with Crippen LogP contribution in [-0.2, 0) is 24.3 Å². The number of esters is 1. The van der Waals surface area contributed by atoms with Crippen molar-refractivity contribution in [3.63, 3.8) is 0 Å². The van der Waals surface area contributed by atoms with Gasteiger partial charge in [0.2, 0.25) is 21.1 Å². The molecule has 0 aliphatic carbocycles. The van der Waals surface area contributed by atoms with Crippen LogP contribution in [0, 0.1) is 0 Å². The van der Waals surface area contributed by atoms with Gasteiger partial charge in [-0.2, -0.15) is 0 Å². The SMILES string of the molecule is CC[C@@H](C(=O)Nc1nnc(SCC(=O)OC)s1)N(c1cccc(OC)c1)S(C)(=O)=O. The number of amides is 1. The van der Waals surface area contributed by atoms with Gasteiger partial charge in [-0.25, -0.2) is 8.42 Å². The van der Waals surface area contributed by atoms with Crippen LogP contribution in [0.25, 0.3) is 0 Å². The maximum atomic E-state index is 12.9. The maximum Gasteiger partial charge on any atom is 0.316 e. The molecule has 0 saturated carbocycles. The number of nitrogens with zero attached hydrogens (tertiary/aromatic N) is 3. The molecule has 1 N–H and O–H groups in total. The maximum absolute atomic E-state index is 12.9. The van der Waals surface area contributed by atoms with E-state index in [1.807, 2.05) is 0 Å². The Morgan fingerprint density at radius 2 is 2.03 bits per heavy atom. The lowest BCUT2D eigenvalue weighted by molar-refractivity contribution is -0.137. The van der Waals surface area contributed by atoms with Crippen molar-refractivity contribution in [2.75, 3.05) is 35.9 Å². The average molecular weight is 475 g/mol. The number of rotatable bonds is 10. The number of hydrogen-bond donors (Lipinski definition) is 1. The number of carbonyl (C=O) groups excluding carboxylic acids is 2. The number of hydrogen-bond acceptors (Lipinski definition) is 10. The second-order valence-electron chi connectivity index (χ2n) is 5.91. The zero-order chi connectivity index (χ0) is 22.3. The summed E-state index contributed by atoms with van der Waals surface area (Å²) in [4.78, 5) is 24.1. The van der Waals surface area contributed by atoms with Gasteiger partial charge in [0.1, 0.15) is 11.8 Å². The van der Waals surface area contributed by atoms with E-state index in [1.165, 1.54) is 14.2 Å². The molecular weight excluding hydrogens is 452 g/mol. The largest absolute Gasteiger partial charge is 0.497 e. The second-order valence-corrected chi connectivity index (χ2v) is 9.97. The molecule has 164 valence electrons. The Bertz CT molecular complexity index is 995. The minimum atomic E-state index is -3.78. The van der Waals surface area contributed by atoms with Crippen LogP contribution < -0.4 is 14.4 Å². The minimum Gasteiger partial charge on any atom is -0.497 e. The fourth-order valence-electron chi connectivity index (χ4n) is 2.49. The van der Waals surface area contributed by atoms with E-state index in [2.05, 4.69) is 20.3 Å². The van der Waals surface area contributed by atoms with Crippen molar-refractivity contribution >= 4 is 55.8 Å². The molecule has 0 unspecified atom stereocenters. The van der Waals surface area contributed by atoms with Crippen LogP contribution in [0.5, 0.6) is 5.75 Å². The molecule has 0 spiro atoms. The lowest BCUT2D eigenvalue weighted by Crippen LogP contribution is -2.47. The Morgan fingerprint density at radius 3 is 2.63 bits per heavy atom. The van der Waals surface area contributed by atoms with Crippen LogP contribution in [0.4, 0.5) is 10.8 Å². The monoisotopic (exact) mass is 474 g/mol. The first-order valence-corrected chi connectivity index (χ1v) is 12.3. The van der Waals surface area contributed by atoms with Crippen LogP contribution in [0.2, 0.25) is 0 Å². The molecule has 13 heteroatoms. The highest BCUT2D eigenvalue weighted by atomic mass is 32.2. The Hall–Kier alpha value is -2.38. The van der Waals surface area contributed by atoms with Gasteiger partial charge in [-0.1, -0.05) is 36.1 Å². The summed E-state index contributed by atoms with van der Waals surface area (Å²) in [5, 5.41) is 10.6. The van der Waals surface area contributed by atoms with Crippen LogP contribution in [0.15, 0.2) is 28.6 Å². The molecule has 0 aliphatic rings. The normalized spacial score (nSPS) is 12.1. The van der Waals surface area contributed by atoms with E-state index in [4.69, 9.17) is 4.74 Å². The summed E-state index contributed by atoms with van der Waals surface area (Å²) in [5.41, 5.74) is 0.311. The summed E-state index contributed by atoms with van der Waals surface area (Å²) in [6, 6.07) is 5.45. The van der Waals surface area contributed by atoms with Crippen molar-refractivity contribution in [1.82, 2.24) is 10.2 Å². The first-order chi connectivity index (χ1) is 14.2. The van der Waals surface area contributed by atoms with Gasteiger partial charge in [0, 0.05) is 6.07 Å². The lowest BCUT2D eigenvalue weighted by Gasteiger charge is -2.29. The summed E-state index contributed by atoms with van der Waals surface area (Å²) in [5.74, 6) is -0.429. The van der Waals surface area contributed by atoms with Crippen LogP contribution in [0.1, 0.15) is 13.3 Å². The molecule has 0 fully saturated rings. The number of anilines is 2. The second kappa shape index (κ2) is 10.6. The molecule has 1 aromatic heterocycles. The number of carbonyl (C=O) groups is 2. The summed E-state index contributed by atoms with van der Waals surface area (Å²) in [7, 11) is -1.02. The van der Waals surface area contributed by atoms with Crippen molar-refractivity contribution in [3.05, 3.63) is 24.3 Å². The number of methoxy groups -OCH3 is 2. The van der Waals surface area contributed by atoms with Crippen molar-refractivity contribution in [2.24, 2.45) is 0 Å². The predicted octanol–water partition coefficient (Wildman–Crippen LogP) is 2.00. The van der Waals surface area contributed by atoms with Crippen molar-refractivity contribution in [3.8, 4) is 5.75 Å². The quantitative estimate of drug-likeness (QED) is 0.312. The molecule has 1 atom stereocenters. The third kappa shape index (κ3) is 6.31. The number of benzene rings is 1. The molecule has 0 saturated heterocycles. The summed E-state index contributed by atoms with van der Waals surface area (Å²) < 4.78 is 36.3. The van der Waals surface area contributed by atoms with Gasteiger partial charge < -0.3 is 9.47 Å². The molecule has 1 amide bonds. The number of nitrogens with one attached hydrogen (secondary N) is 1. The predicted molar refractivity (Wildman–Crippen MR) is 116 cm³/mol. The van der Waals surface area contributed by atoms with Gasteiger partial charge in [0.15, 0.2) is 4.34 Å². The number of sulfonamides is 1. The number of thioether (sulfide) groups is 1. The Morgan fingerprint density at radius 1 is 1.30 bits per heavy atom. The molecular formula is C17H22N4O6S3. The summed E-state index contributed by atoms with van der Waals surface area (Å²) >= 11 is 2.20. The van der Waals surface area contributed by atoms with Crippen molar-refractivity contribution < 1.29 is 27.5 Å². The highest BCUT2D eigenvalue weighted by Crippen LogP contribution is 2.28. The summed E-state index contributed by atoms with van der Waals surface area (Å²) in [6.45, 7) is 1.71. The van der Waals surface area contributed by atoms with Crippen LogP contribution in [-0.4, -0.2) is 62.8 Å². The molecule has 0 bridgehead atoms. The first kappa shape index (κ1) is 23.9. The van der Waals surface area contributed by atoms with E-state index in [-0.39, 0.29) is 17.3 Å². The molecule has 1 aromatic carbocycles. The van der Waals surface area contributed by atoms with Gasteiger partial charge >= 0.3 is 5.97 Å². The minimum absolute atomic E-state index is 0.0639. The molecule has 1 heterocycles. The van der Waals surface area contributed by atoms with E-state index in [0.29, 0.717) is 15.8 Å². The fraction of sp³-hybridized carbons (Fsp3) is 0.412. The van der Waals surface area contributed by atoms with Gasteiger partial charge in [-0.05, 0) is 18.6 Å². The van der Waals surface area contributed by atoms with Crippen LogP contribution in [0.3, 0.4) is 0 Å². The van der Waals surface area contributed by atoms with E-state index in [9.17, 15) is 18.0 Å². The third-order valence-electron chi connectivity index (χ3n) is 3.82. The molecule has 10 nitrogen and oxygen atoms in total. The molecule has 2 aromatic rings. The Kier molecular flexibility index (Phi) is 8.43. The van der Waals surface area contributed by atoms with Crippen molar-refractivity contribution in [2.45, 2.75) is 23.7 Å². The molecule has 0 aliphatic heterocycles. The number of ether oxygens (including phenoxy) is 2. The van der Waals surface area contributed by atoms with Crippen molar-refractivity contribution in [1.29, 1.82) is 0 Å². The van der Waals surface area contributed by atoms with Gasteiger partial charge in [-0.3, -0.25) is 19.2 Å². The van der Waals surface area contributed by atoms with Gasteiger partial charge in [-0.15, -0.1) is 10.2 Å². The first-order valence-electron chi connectivity index (χ1n) is 8.67. The highest BCUT2D eigenvalue weighted by Gasteiger charge is 2.32. The average Bonchev–Trinajstić information content (AvgIpc) is 3.16. The Balaban J connectivity index is 2.22. The van der Waals surface area contributed by atoms with E-state index in [0.717, 1.165) is 33.7 Å². The van der Waals surface area contributed by atoms with E-state index < -0.39 is 27.9 Å².